The SMILES string of the molecule is CC(C)c1nc(C(=O)Nc2[nH]c(=O)ncc2F)cs1. The van der Waals surface area contributed by atoms with Crippen LogP contribution in [0.15, 0.2) is 16.4 Å². The van der Waals surface area contributed by atoms with Crippen LogP contribution < -0.4 is 11.0 Å². The Morgan fingerprint density at radius 1 is 1.53 bits per heavy atom. The van der Waals surface area contributed by atoms with E-state index in [1.165, 1.54) is 11.3 Å². The van der Waals surface area contributed by atoms with Crippen molar-refractivity contribution in [1.82, 2.24) is 15.0 Å². The fourth-order valence-electron chi connectivity index (χ4n) is 1.30. The average Bonchev–Trinajstić information content (AvgIpc) is 2.83. The van der Waals surface area contributed by atoms with E-state index < -0.39 is 17.4 Å². The summed E-state index contributed by atoms with van der Waals surface area (Å²) in [6.07, 6.45) is 0.745. The number of aromatic amines is 1. The van der Waals surface area contributed by atoms with Gasteiger partial charge in [0.15, 0.2) is 11.6 Å². The van der Waals surface area contributed by atoms with Crippen molar-refractivity contribution in [1.29, 1.82) is 0 Å². The van der Waals surface area contributed by atoms with Gasteiger partial charge in [-0.05, 0) is 0 Å². The van der Waals surface area contributed by atoms with Crippen LogP contribution in [0.1, 0.15) is 35.3 Å². The summed E-state index contributed by atoms with van der Waals surface area (Å²) in [4.78, 5) is 32.2. The molecule has 0 saturated carbocycles. The van der Waals surface area contributed by atoms with Gasteiger partial charge in [0.25, 0.3) is 5.91 Å². The van der Waals surface area contributed by atoms with E-state index in [0.29, 0.717) is 0 Å². The van der Waals surface area contributed by atoms with Crippen LogP contribution in [0.25, 0.3) is 0 Å². The standard InChI is InChI=1S/C11H11FN4O2S/c1-5(2)10-14-7(4-19-10)9(17)15-8-6(12)3-13-11(18)16-8/h3-5H,1-2H3,(H2,13,15,16,17,18). The van der Waals surface area contributed by atoms with Crippen molar-refractivity contribution >= 4 is 23.1 Å². The monoisotopic (exact) mass is 282 g/mol. The van der Waals surface area contributed by atoms with Gasteiger partial charge in [-0.25, -0.2) is 14.2 Å². The van der Waals surface area contributed by atoms with Crippen LogP contribution in [-0.4, -0.2) is 20.9 Å². The topological polar surface area (TPSA) is 87.7 Å². The number of thiazole rings is 1. The van der Waals surface area contributed by atoms with Crippen LogP contribution in [-0.2, 0) is 0 Å². The van der Waals surface area contributed by atoms with Crippen molar-refractivity contribution in [3.63, 3.8) is 0 Å². The average molecular weight is 282 g/mol. The van der Waals surface area contributed by atoms with E-state index in [9.17, 15) is 14.0 Å². The second-order valence-corrected chi connectivity index (χ2v) is 4.98. The van der Waals surface area contributed by atoms with Crippen LogP contribution in [0.4, 0.5) is 10.2 Å². The molecule has 8 heteroatoms. The number of nitrogens with one attached hydrogen (secondary N) is 2. The number of halogens is 1. The molecule has 19 heavy (non-hydrogen) atoms. The van der Waals surface area contributed by atoms with Gasteiger partial charge >= 0.3 is 5.69 Å². The normalized spacial score (nSPS) is 10.7. The molecular weight excluding hydrogens is 271 g/mol. The summed E-state index contributed by atoms with van der Waals surface area (Å²) in [7, 11) is 0. The van der Waals surface area contributed by atoms with E-state index in [-0.39, 0.29) is 17.4 Å². The highest BCUT2D eigenvalue weighted by Gasteiger charge is 2.15. The van der Waals surface area contributed by atoms with Crippen LogP contribution in [0.5, 0.6) is 0 Å². The summed E-state index contributed by atoms with van der Waals surface area (Å²) >= 11 is 1.35. The Hall–Kier alpha value is -2.09. The molecule has 0 atom stereocenters. The van der Waals surface area contributed by atoms with Gasteiger partial charge in [-0.15, -0.1) is 11.3 Å². The minimum Gasteiger partial charge on any atom is -0.304 e. The molecule has 0 aliphatic heterocycles. The minimum absolute atomic E-state index is 0.186. The number of nitrogens with zero attached hydrogens (tertiary/aromatic N) is 2. The predicted octanol–water partition coefficient (Wildman–Crippen LogP) is 1.74. The van der Waals surface area contributed by atoms with Gasteiger partial charge < -0.3 is 5.32 Å². The Morgan fingerprint density at radius 3 is 2.89 bits per heavy atom. The predicted molar refractivity (Wildman–Crippen MR) is 69.0 cm³/mol. The number of H-pyrrole nitrogens is 1. The first kappa shape index (κ1) is 13.3. The Bertz CT molecular complexity index is 665. The highest BCUT2D eigenvalue weighted by Crippen LogP contribution is 2.19. The summed E-state index contributed by atoms with van der Waals surface area (Å²) < 4.78 is 13.3. The van der Waals surface area contributed by atoms with Crippen LogP contribution in [0.2, 0.25) is 0 Å². The van der Waals surface area contributed by atoms with Gasteiger partial charge in [0.05, 0.1) is 11.2 Å². The number of aromatic nitrogens is 3. The van der Waals surface area contributed by atoms with Gasteiger partial charge in [0.2, 0.25) is 0 Å². The zero-order valence-electron chi connectivity index (χ0n) is 10.2. The van der Waals surface area contributed by atoms with Crippen molar-refractivity contribution < 1.29 is 9.18 Å². The maximum atomic E-state index is 13.3. The molecule has 2 aromatic rings. The van der Waals surface area contributed by atoms with Gasteiger partial charge in [0.1, 0.15) is 5.69 Å². The Balaban J connectivity index is 2.20. The summed E-state index contributed by atoms with van der Waals surface area (Å²) in [6, 6.07) is 0. The molecule has 1 amide bonds. The van der Waals surface area contributed by atoms with Gasteiger partial charge in [-0.1, -0.05) is 13.8 Å². The quantitative estimate of drug-likeness (QED) is 0.897. The van der Waals surface area contributed by atoms with Gasteiger partial charge in [-0.2, -0.15) is 4.98 Å². The maximum absolute atomic E-state index is 13.3. The second kappa shape index (κ2) is 5.27. The molecule has 0 spiro atoms. The summed E-state index contributed by atoms with van der Waals surface area (Å²) in [6.45, 7) is 3.92. The molecular formula is C11H11FN4O2S. The molecule has 0 radical (unpaired) electrons. The third-order valence-corrected chi connectivity index (χ3v) is 3.40. The van der Waals surface area contributed by atoms with E-state index >= 15 is 0 Å². The molecule has 0 aliphatic rings. The molecule has 0 fully saturated rings. The molecule has 0 saturated heterocycles. The highest BCUT2D eigenvalue weighted by molar-refractivity contribution is 7.09. The first-order chi connectivity index (χ1) is 8.97. The molecule has 0 aromatic carbocycles. The Kier molecular flexibility index (Phi) is 3.70. The fraction of sp³-hybridized carbons (Fsp3) is 0.273. The zero-order valence-corrected chi connectivity index (χ0v) is 11.0. The molecule has 2 aromatic heterocycles. The minimum atomic E-state index is -0.813. The van der Waals surface area contributed by atoms with Crippen molar-refractivity contribution in [2.75, 3.05) is 5.32 Å². The van der Waals surface area contributed by atoms with Crippen LogP contribution in [0.3, 0.4) is 0 Å². The summed E-state index contributed by atoms with van der Waals surface area (Å²) in [5.41, 5.74) is -0.552. The number of amides is 1. The Morgan fingerprint density at radius 2 is 2.26 bits per heavy atom. The lowest BCUT2D eigenvalue weighted by molar-refractivity contribution is 0.102. The number of carbonyl (C=O) groups is 1. The molecule has 6 nitrogen and oxygen atoms in total. The first-order valence-electron chi connectivity index (χ1n) is 5.49. The van der Waals surface area contributed by atoms with Crippen molar-refractivity contribution in [3.8, 4) is 0 Å². The smallest absolute Gasteiger partial charge is 0.304 e. The molecule has 2 heterocycles. The molecule has 0 unspecified atom stereocenters. The molecule has 2 N–H and O–H groups in total. The zero-order chi connectivity index (χ0) is 14.0. The van der Waals surface area contributed by atoms with Crippen molar-refractivity contribution in [3.05, 3.63) is 38.6 Å². The third kappa shape index (κ3) is 3.02. The van der Waals surface area contributed by atoms with E-state index in [1.54, 1.807) is 5.38 Å². The van der Waals surface area contributed by atoms with E-state index in [2.05, 4.69) is 20.3 Å². The largest absolute Gasteiger partial charge is 0.346 e. The summed E-state index contributed by atoms with van der Waals surface area (Å²) in [5.74, 6) is -1.50. The molecule has 0 aliphatic carbocycles. The third-order valence-electron chi connectivity index (χ3n) is 2.25. The van der Waals surface area contributed by atoms with Gasteiger partial charge in [0, 0.05) is 11.3 Å². The fourth-order valence-corrected chi connectivity index (χ4v) is 2.12. The number of hydrogen-bond donors (Lipinski definition) is 2. The van der Waals surface area contributed by atoms with Gasteiger partial charge in [-0.3, -0.25) is 9.78 Å². The van der Waals surface area contributed by atoms with Crippen LogP contribution >= 0.6 is 11.3 Å². The number of hydrogen-bond acceptors (Lipinski definition) is 5. The lowest BCUT2D eigenvalue weighted by Gasteiger charge is -2.03. The number of rotatable bonds is 3. The van der Waals surface area contributed by atoms with Crippen LogP contribution in [0, 0.1) is 5.82 Å². The first-order valence-corrected chi connectivity index (χ1v) is 6.37. The van der Waals surface area contributed by atoms with E-state index in [0.717, 1.165) is 11.2 Å². The van der Waals surface area contributed by atoms with Crippen molar-refractivity contribution in [2.24, 2.45) is 0 Å². The maximum Gasteiger partial charge on any atom is 0.346 e. The molecule has 2 rings (SSSR count). The van der Waals surface area contributed by atoms with E-state index in [1.807, 2.05) is 13.8 Å². The molecule has 100 valence electrons. The lowest BCUT2D eigenvalue weighted by atomic mass is 10.2. The summed E-state index contributed by atoms with van der Waals surface area (Å²) in [5, 5.41) is 4.65. The van der Waals surface area contributed by atoms with E-state index in [4.69, 9.17) is 0 Å². The second-order valence-electron chi connectivity index (χ2n) is 4.09. The number of carbonyl (C=O) groups excluding carboxylic acids is 1. The molecule has 0 bridgehead atoms. The van der Waals surface area contributed by atoms with Crippen molar-refractivity contribution in [2.45, 2.75) is 19.8 Å². The lowest BCUT2D eigenvalue weighted by Crippen LogP contribution is -2.19. The highest BCUT2D eigenvalue weighted by atomic mass is 32.1. The number of anilines is 1. The Labute approximate surface area is 111 Å².